The molecule has 21 heavy (non-hydrogen) atoms. The van der Waals surface area contributed by atoms with E-state index in [1.54, 1.807) is 12.1 Å². The first-order valence-corrected chi connectivity index (χ1v) is 7.57. The normalized spacial score (nSPS) is 25.8. The Morgan fingerprint density at radius 2 is 2.10 bits per heavy atom. The van der Waals surface area contributed by atoms with Gasteiger partial charge in [-0.15, -0.1) is 0 Å². The quantitative estimate of drug-likeness (QED) is 0.778. The topological polar surface area (TPSA) is 12.5 Å². The number of fused-ring (bicyclic) bond motifs is 2. The van der Waals surface area contributed by atoms with Gasteiger partial charge in [0.2, 0.25) is 0 Å². The Morgan fingerprint density at radius 1 is 1.29 bits per heavy atom. The van der Waals surface area contributed by atoms with Crippen molar-refractivity contribution >= 4 is 0 Å². The van der Waals surface area contributed by atoms with Gasteiger partial charge in [0.15, 0.2) is 0 Å². The van der Waals surface area contributed by atoms with Crippen molar-refractivity contribution < 1.29 is 13.5 Å². The summed E-state index contributed by atoms with van der Waals surface area (Å²) in [6, 6.07) is 8.23. The molecule has 4 heteroatoms. The molecule has 0 aliphatic carbocycles. The largest absolute Gasteiger partial charge is 0.435 e. The molecule has 0 aromatic heterocycles. The minimum atomic E-state index is -2.77. The van der Waals surface area contributed by atoms with Crippen LogP contribution in [0.3, 0.4) is 0 Å². The first-order valence-electron chi connectivity index (χ1n) is 7.57. The number of alkyl halides is 2. The van der Waals surface area contributed by atoms with Crippen LogP contribution in [0.4, 0.5) is 8.78 Å². The lowest BCUT2D eigenvalue weighted by Crippen LogP contribution is -2.46. The molecule has 2 aliphatic rings. The van der Waals surface area contributed by atoms with Crippen LogP contribution in [0.2, 0.25) is 0 Å². The standard InChI is InChI=1S/C17H21F2NO/c1-20-14-6-4-7-15(20)11-12(10-14)9-13-5-2-3-8-16(13)21-17(18)19/h2-3,5,8,10,14-15,17H,4,6-7,9,11H2,1H3. The summed E-state index contributed by atoms with van der Waals surface area (Å²) >= 11 is 0. The molecule has 0 saturated carbocycles. The molecule has 114 valence electrons. The Labute approximate surface area is 124 Å². The summed E-state index contributed by atoms with van der Waals surface area (Å²) in [4.78, 5) is 2.45. The highest BCUT2D eigenvalue weighted by atomic mass is 19.3. The van der Waals surface area contributed by atoms with Crippen molar-refractivity contribution in [1.29, 1.82) is 0 Å². The van der Waals surface area contributed by atoms with Gasteiger partial charge >= 0.3 is 6.61 Å². The Balaban J connectivity index is 1.78. The average Bonchev–Trinajstić information content (AvgIpc) is 2.41. The van der Waals surface area contributed by atoms with Crippen molar-refractivity contribution in [1.82, 2.24) is 4.90 Å². The number of para-hydroxylation sites is 1. The SMILES string of the molecule is CN1C2C=C(Cc3ccccc3OC(F)F)CC1CCC2. The van der Waals surface area contributed by atoms with Crippen LogP contribution >= 0.6 is 0 Å². The molecule has 2 atom stereocenters. The van der Waals surface area contributed by atoms with E-state index in [2.05, 4.69) is 22.8 Å². The van der Waals surface area contributed by atoms with Crippen LogP contribution in [-0.2, 0) is 6.42 Å². The van der Waals surface area contributed by atoms with Gasteiger partial charge in [-0.05, 0) is 44.4 Å². The summed E-state index contributed by atoms with van der Waals surface area (Å²) < 4.78 is 29.6. The maximum Gasteiger partial charge on any atom is 0.387 e. The van der Waals surface area contributed by atoms with E-state index >= 15 is 0 Å². The molecule has 0 N–H and O–H groups in total. The Bertz CT molecular complexity index is 529. The number of rotatable bonds is 4. The number of nitrogens with zero attached hydrogens (tertiary/aromatic N) is 1. The molecule has 1 aromatic carbocycles. The molecule has 2 bridgehead atoms. The van der Waals surface area contributed by atoms with Gasteiger partial charge in [0, 0.05) is 12.1 Å². The third-order valence-corrected chi connectivity index (χ3v) is 4.67. The predicted molar refractivity (Wildman–Crippen MR) is 78.7 cm³/mol. The molecule has 1 fully saturated rings. The van der Waals surface area contributed by atoms with Crippen molar-refractivity contribution in [3.05, 3.63) is 41.5 Å². The molecular formula is C17H21F2NO. The lowest BCUT2D eigenvalue weighted by molar-refractivity contribution is -0.0504. The van der Waals surface area contributed by atoms with Crippen LogP contribution < -0.4 is 4.74 Å². The Morgan fingerprint density at radius 3 is 2.86 bits per heavy atom. The van der Waals surface area contributed by atoms with E-state index < -0.39 is 6.61 Å². The summed E-state index contributed by atoms with van der Waals surface area (Å²) in [5.41, 5.74) is 2.21. The van der Waals surface area contributed by atoms with Crippen molar-refractivity contribution in [2.24, 2.45) is 0 Å². The summed E-state index contributed by atoms with van der Waals surface area (Å²) in [5.74, 6) is 0.303. The van der Waals surface area contributed by atoms with E-state index in [0.29, 0.717) is 24.3 Å². The summed E-state index contributed by atoms with van der Waals surface area (Å²) in [5, 5.41) is 0. The highest BCUT2D eigenvalue weighted by Gasteiger charge is 2.31. The Kier molecular flexibility index (Phi) is 4.24. The maximum atomic E-state index is 12.5. The smallest absolute Gasteiger partial charge is 0.387 e. The van der Waals surface area contributed by atoms with Gasteiger partial charge in [0.05, 0.1) is 0 Å². The van der Waals surface area contributed by atoms with Crippen LogP contribution in [0, 0.1) is 0 Å². The molecule has 2 heterocycles. The van der Waals surface area contributed by atoms with E-state index in [-0.39, 0.29) is 0 Å². The zero-order chi connectivity index (χ0) is 14.8. The number of ether oxygens (including phenoxy) is 1. The van der Waals surface area contributed by atoms with Gasteiger partial charge in [0.1, 0.15) is 5.75 Å². The number of piperidine rings is 1. The summed E-state index contributed by atoms with van der Waals surface area (Å²) in [7, 11) is 2.19. The molecule has 0 spiro atoms. The third kappa shape index (κ3) is 3.26. The average molecular weight is 293 g/mol. The van der Waals surface area contributed by atoms with E-state index in [1.807, 2.05) is 12.1 Å². The second-order valence-electron chi connectivity index (χ2n) is 6.01. The van der Waals surface area contributed by atoms with Crippen molar-refractivity contribution in [2.75, 3.05) is 7.05 Å². The number of hydrogen-bond acceptors (Lipinski definition) is 2. The van der Waals surface area contributed by atoms with Crippen LogP contribution in [0.25, 0.3) is 0 Å². The fourth-order valence-electron chi connectivity index (χ4n) is 3.57. The van der Waals surface area contributed by atoms with Crippen LogP contribution in [-0.4, -0.2) is 30.6 Å². The molecule has 2 aliphatic heterocycles. The number of halogens is 2. The summed E-state index contributed by atoms with van der Waals surface area (Å²) in [6.45, 7) is -2.77. The maximum absolute atomic E-state index is 12.5. The second kappa shape index (κ2) is 6.14. The third-order valence-electron chi connectivity index (χ3n) is 4.67. The van der Waals surface area contributed by atoms with Crippen molar-refractivity contribution in [3.8, 4) is 5.75 Å². The molecule has 1 aromatic rings. The summed E-state index contributed by atoms with van der Waals surface area (Å²) in [6.07, 6.45) is 7.80. The van der Waals surface area contributed by atoms with Gasteiger partial charge < -0.3 is 4.74 Å². The zero-order valence-electron chi connectivity index (χ0n) is 12.3. The molecule has 0 radical (unpaired) electrons. The molecule has 0 amide bonds. The highest BCUT2D eigenvalue weighted by Crippen LogP contribution is 2.34. The highest BCUT2D eigenvalue weighted by molar-refractivity contribution is 5.37. The van der Waals surface area contributed by atoms with Crippen LogP contribution in [0.1, 0.15) is 31.2 Å². The lowest BCUT2D eigenvalue weighted by Gasteiger charge is -2.43. The number of likely N-dealkylation sites (N-methyl/N-ethyl adjacent to an activating group) is 1. The predicted octanol–water partition coefficient (Wildman–Crippen LogP) is 4.01. The minimum absolute atomic E-state index is 0.303. The van der Waals surface area contributed by atoms with Crippen molar-refractivity contribution in [3.63, 3.8) is 0 Å². The van der Waals surface area contributed by atoms with Crippen molar-refractivity contribution in [2.45, 2.75) is 50.8 Å². The van der Waals surface area contributed by atoms with E-state index in [4.69, 9.17) is 0 Å². The van der Waals surface area contributed by atoms with Gasteiger partial charge in [-0.1, -0.05) is 36.3 Å². The second-order valence-corrected chi connectivity index (χ2v) is 6.01. The molecule has 2 nitrogen and oxygen atoms in total. The Hall–Kier alpha value is -1.42. The fourth-order valence-corrected chi connectivity index (χ4v) is 3.57. The number of benzene rings is 1. The first kappa shape index (κ1) is 14.5. The molecule has 2 unspecified atom stereocenters. The van der Waals surface area contributed by atoms with Crippen LogP contribution in [0.15, 0.2) is 35.9 Å². The van der Waals surface area contributed by atoms with Gasteiger partial charge in [-0.25, -0.2) is 0 Å². The minimum Gasteiger partial charge on any atom is -0.435 e. The molecule has 3 rings (SSSR count). The van der Waals surface area contributed by atoms with Crippen LogP contribution in [0.5, 0.6) is 5.75 Å². The fraction of sp³-hybridized carbons (Fsp3) is 0.529. The van der Waals surface area contributed by atoms with Gasteiger partial charge in [0.25, 0.3) is 0 Å². The molecular weight excluding hydrogens is 272 g/mol. The zero-order valence-corrected chi connectivity index (χ0v) is 12.3. The molecule has 1 saturated heterocycles. The van der Waals surface area contributed by atoms with E-state index in [1.165, 1.54) is 24.8 Å². The first-order chi connectivity index (χ1) is 10.1. The van der Waals surface area contributed by atoms with Gasteiger partial charge in [-0.3, -0.25) is 4.90 Å². The lowest BCUT2D eigenvalue weighted by atomic mass is 9.83. The van der Waals surface area contributed by atoms with E-state index in [0.717, 1.165) is 12.0 Å². The van der Waals surface area contributed by atoms with E-state index in [9.17, 15) is 8.78 Å². The monoisotopic (exact) mass is 293 g/mol. The van der Waals surface area contributed by atoms with Gasteiger partial charge in [-0.2, -0.15) is 8.78 Å². The number of hydrogen-bond donors (Lipinski definition) is 0.